The molecule has 0 atom stereocenters. The summed E-state index contributed by atoms with van der Waals surface area (Å²) in [5.74, 6) is -0.0624. The number of amides is 1. The summed E-state index contributed by atoms with van der Waals surface area (Å²) in [7, 11) is 0. The first-order valence-electron chi connectivity index (χ1n) is 8.91. The number of nitrogens with one attached hydrogen (secondary N) is 1. The standard InChI is InChI=1S/C22H20N2OS/c1-3-14-9-7-10-15(4-2)20(14)24-21(25)19-13-17-12-16-8-5-6-11-18(16)23-22(17)26-19/h5-13H,3-4H2,1-2H3,(H,24,25). The Hall–Kier alpha value is -2.72. The Labute approximate surface area is 156 Å². The predicted octanol–water partition coefficient (Wildman–Crippen LogP) is 5.83. The second-order valence-electron chi connectivity index (χ2n) is 6.30. The fourth-order valence-electron chi connectivity index (χ4n) is 3.26. The number of anilines is 1. The van der Waals surface area contributed by atoms with Gasteiger partial charge < -0.3 is 5.32 Å². The molecule has 0 aliphatic carbocycles. The predicted molar refractivity (Wildman–Crippen MR) is 110 cm³/mol. The number of fused-ring (bicyclic) bond motifs is 2. The minimum atomic E-state index is -0.0624. The first kappa shape index (κ1) is 16.7. The third-order valence-corrected chi connectivity index (χ3v) is 5.71. The lowest BCUT2D eigenvalue weighted by Crippen LogP contribution is -2.13. The molecule has 0 fully saturated rings. The van der Waals surface area contributed by atoms with Gasteiger partial charge in [-0.15, -0.1) is 11.3 Å². The molecule has 4 aromatic rings. The highest BCUT2D eigenvalue weighted by Crippen LogP contribution is 2.29. The van der Waals surface area contributed by atoms with Gasteiger partial charge in [-0.25, -0.2) is 4.98 Å². The molecule has 0 aliphatic heterocycles. The normalized spacial score (nSPS) is 11.2. The maximum Gasteiger partial charge on any atom is 0.265 e. The van der Waals surface area contributed by atoms with Crippen molar-refractivity contribution in [2.45, 2.75) is 26.7 Å². The van der Waals surface area contributed by atoms with Crippen molar-refractivity contribution in [2.75, 3.05) is 5.32 Å². The van der Waals surface area contributed by atoms with Crippen molar-refractivity contribution in [3.05, 3.63) is 70.6 Å². The molecule has 0 bridgehead atoms. The maximum absolute atomic E-state index is 12.9. The van der Waals surface area contributed by atoms with E-state index in [2.05, 4.69) is 43.4 Å². The van der Waals surface area contributed by atoms with E-state index in [1.165, 1.54) is 22.5 Å². The summed E-state index contributed by atoms with van der Waals surface area (Å²) in [5, 5.41) is 5.25. The summed E-state index contributed by atoms with van der Waals surface area (Å²) in [6, 6.07) is 18.3. The quantitative estimate of drug-likeness (QED) is 0.498. The zero-order valence-electron chi connectivity index (χ0n) is 14.9. The van der Waals surface area contributed by atoms with E-state index in [1.807, 2.05) is 30.3 Å². The van der Waals surface area contributed by atoms with Crippen LogP contribution in [-0.4, -0.2) is 10.9 Å². The van der Waals surface area contributed by atoms with Gasteiger partial charge in [0.05, 0.1) is 10.4 Å². The van der Waals surface area contributed by atoms with Crippen LogP contribution < -0.4 is 5.32 Å². The first-order valence-corrected chi connectivity index (χ1v) is 9.72. The lowest BCUT2D eigenvalue weighted by molar-refractivity contribution is 0.103. The first-order chi connectivity index (χ1) is 12.7. The van der Waals surface area contributed by atoms with Crippen molar-refractivity contribution in [3.8, 4) is 0 Å². The molecular formula is C22H20N2OS. The molecule has 2 aromatic heterocycles. The van der Waals surface area contributed by atoms with Crippen LogP contribution in [0.15, 0.2) is 54.6 Å². The van der Waals surface area contributed by atoms with Gasteiger partial charge in [0.1, 0.15) is 4.83 Å². The zero-order valence-corrected chi connectivity index (χ0v) is 15.7. The van der Waals surface area contributed by atoms with Crippen molar-refractivity contribution in [2.24, 2.45) is 0 Å². The number of pyridine rings is 1. The fraction of sp³-hybridized carbons (Fsp3) is 0.182. The fourth-order valence-corrected chi connectivity index (χ4v) is 4.18. The molecule has 0 saturated carbocycles. The molecule has 0 radical (unpaired) electrons. The lowest BCUT2D eigenvalue weighted by atomic mass is 10.0. The number of carbonyl (C=O) groups excluding carboxylic acids is 1. The Kier molecular flexibility index (Phi) is 4.43. The van der Waals surface area contributed by atoms with Crippen LogP contribution in [-0.2, 0) is 12.8 Å². The van der Waals surface area contributed by atoms with Crippen molar-refractivity contribution < 1.29 is 4.79 Å². The van der Waals surface area contributed by atoms with Gasteiger partial charge in [-0.05, 0) is 42.2 Å². The third-order valence-electron chi connectivity index (χ3n) is 4.67. The molecule has 4 rings (SSSR count). The molecule has 130 valence electrons. The molecule has 0 spiro atoms. The van der Waals surface area contributed by atoms with Crippen LogP contribution in [0, 0.1) is 0 Å². The Morgan fingerprint density at radius 2 is 1.69 bits per heavy atom. The number of hydrogen-bond donors (Lipinski definition) is 1. The molecule has 0 aliphatic rings. The van der Waals surface area contributed by atoms with Gasteiger partial charge in [0, 0.05) is 16.5 Å². The number of carbonyl (C=O) groups is 1. The van der Waals surface area contributed by atoms with E-state index in [0.29, 0.717) is 4.88 Å². The number of rotatable bonds is 4. The van der Waals surface area contributed by atoms with Crippen LogP contribution in [0.1, 0.15) is 34.6 Å². The topological polar surface area (TPSA) is 42.0 Å². The summed E-state index contributed by atoms with van der Waals surface area (Å²) in [6.07, 6.45) is 1.78. The summed E-state index contributed by atoms with van der Waals surface area (Å²) in [6.45, 7) is 4.22. The van der Waals surface area contributed by atoms with Crippen molar-refractivity contribution >= 4 is 44.1 Å². The van der Waals surface area contributed by atoms with Crippen LogP contribution >= 0.6 is 11.3 Å². The monoisotopic (exact) mass is 360 g/mol. The van der Waals surface area contributed by atoms with Gasteiger partial charge >= 0.3 is 0 Å². The van der Waals surface area contributed by atoms with Gasteiger partial charge in [0.15, 0.2) is 0 Å². The van der Waals surface area contributed by atoms with E-state index in [9.17, 15) is 4.79 Å². The molecule has 1 amide bonds. The average molecular weight is 360 g/mol. The van der Waals surface area contributed by atoms with Gasteiger partial charge in [-0.1, -0.05) is 50.2 Å². The Morgan fingerprint density at radius 3 is 2.42 bits per heavy atom. The van der Waals surface area contributed by atoms with Crippen LogP contribution in [0.4, 0.5) is 5.69 Å². The summed E-state index contributed by atoms with van der Waals surface area (Å²) in [4.78, 5) is 19.2. The van der Waals surface area contributed by atoms with E-state index in [0.717, 1.165) is 39.6 Å². The van der Waals surface area contributed by atoms with Crippen molar-refractivity contribution in [3.63, 3.8) is 0 Å². The van der Waals surface area contributed by atoms with Crippen LogP contribution in [0.2, 0.25) is 0 Å². The largest absolute Gasteiger partial charge is 0.321 e. The average Bonchev–Trinajstić information content (AvgIpc) is 3.09. The van der Waals surface area contributed by atoms with Crippen LogP contribution in [0.5, 0.6) is 0 Å². The molecule has 2 heterocycles. The lowest BCUT2D eigenvalue weighted by Gasteiger charge is -2.13. The molecule has 0 saturated heterocycles. The Balaban J connectivity index is 1.72. The highest BCUT2D eigenvalue weighted by molar-refractivity contribution is 7.20. The molecule has 1 N–H and O–H groups in total. The highest BCUT2D eigenvalue weighted by Gasteiger charge is 2.15. The van der Waals surface area contributed by atoms with Crippen LogP contribution in [0.25, 0.3) is 21.1 Å². The minimum Gasteiger partial charge on any atom is -0.321 e. The molecule has 26 heavy (non-hydrogen) atoms. The van der Waals surface area contributed by atoms with E-state index < -0.39 is 0 Å². The summed E-state index contributed by atoms with van der Waals surface area (Å²) >= 11 is 1.44. The SMILES string of the molecule is CCc1cccc(CC)c1NC(=O)c1cc2cc3ccccc3nc2s1. The summed E-state index contributed by atoms with van der Waals surface area (Å²) in [5.41, 5.74) is 4.25. The van der Waals surface area contributed by atoms with Crippen LogP contribution in [0.3, 0.4) is 0 Å². The smallest absolute Gasteiger partial charge is 0.265 e. The molecule has 0 unspecified atom stereocenters. The molecular weight excluding hydrogens is 340 g/mol. The molecule has 2 aromatic carbocycles. The number of aryl methyl sites for hydroxylation is 2. The van der Waals surface area contributed by atoms with Gasteiger partial charge in [-0.2, -0.15) is 0 Å². The Bertz CT molecular complexity index is 1040. The number of thiophene rings is 1. The number of aromatic nitrogens is 1. The van der Waals surface area contributed by atoms with E-state index >= 15 is 0 Å². The van der Waals surface area contributed by atoms with E-state index in [1.54, 1.807) is 0 Å². The number of benzene rings is 2. The van der Waals surface area contributed by atoms with Crippen molar-refractivity contribution in [1.29, 1.82) is 0 Å². The van der Waals surface area contributed by atoms with Gasteiger partial charge in [0.2, 0.25) is 0 Å². The van der Waals surface area contributed by atoms with E-state index in [4.69, 9.17) is 4.98 Å². The second-order valence-corrected chi connectivity index (χ2v) is 7.33. The molecule has 3 nitrogen and oxygen atoms in total. The third kappa shape index (κ3) is 2.97. The minimum absolute atomic E-state index is 0.0624. The van der Waals surface area contributed by atoms with E-state index in [-0.39, 0.29) is 5.91 Å². The Morgan fingerprint density at radius 1 is 0.962 bits per heavy atom. The second kappa shape index (κ2) is 6.89. The highest BCUT2D eigenvalue weighted by atomic mass is 32.1. The summed E-state index contributed by atoms with van der Waals surface area (Å²) < 4.78 is 0. The molecule has 4 heteroatoms. The number of nitrogens with zero attached hydrogens (tertiary/aromatic N) is 1. The van der Waals surface area contributed by atoms with Crippen molar-refractivity contribution in [1.82, 2.24) is 4.98 Å². The maximum atomic E-state index is 12.9. The van der Waals surface area contributed by atoms with Gasteiger partial charge in [-0.3, -0.25) is 4.79 Å². The van der Waals surface area contributed by atoms with Gasteiger partial charge in [0.25, 0.3) is 5.91 Å². The zero-order chi connectivity index (χ0) is 18.1. The number of hydrogen-bond acceptors (Lipinski definition) is 3. The number of para-hydroxylation sites is 2.